The molecule has 2 aromatic rings. The highest BCUT2D eigenvalue weighted by Gasteiger charge is 2.26. The van der Waals surface area contributed by atoms with E-state index in [4.69, 9.17) is 16.2 Å². The number of aliphatic hydroxyl groups excluding tert-OH is 1. The molecule has 0 heterocycles. The highest BCUT2D eigenvalue weighted by atomic mass is 32.2. The molecule has 0 amide bonds. The molecular weight excluding hydrogens is 446 g/mol. The molecule has 3 atom stereocenters. The van der Waals surface area contributed by atoms with Gasteiger partial charge < -0.3 is 26.4 Å². The molecule has 0 aromatic heterocycles. The Morgan fingerprint density at radius 3 is 2.24 bits per heavy atom. The van der Waals surface area contributed by atoms with Gasteiger partial charge in [-0.2, -0.15) is 8.42 Å². The van der Waals surface area contributed by atoms with E-state index in [0.717, 1.165) is 5.56 Å². The lowest BCUT2D eigenvalue weighted by Gasteiger charge is -2.21. The minimum Gasteiger partial charge on any atom is -0.508 e. The molecular formula is C23H31N3O6S. The Morgan fingerprint density at radius 1 is 1.09 bits per heavy atom. The summed E-state index contributed by atoms with van der Waals surface area (Å²) < 4.78 is 39.2. The zero-order valence-corrected chi connectivity index (χ0v) is 19.2. The van der Waals surface area contributed by atoms with Crippen LogP contribution in [0, 0.1) is 0 Å². The molecule has 2 rings (SSSR count). The molecule has 2 aromatic carbocycles. The van der Waals surface area contributed by atoms with Gasteiger partial charge in [-0.3, -0.25) is 4.55 Å². The average molecular weight is 478 g/mol. The smallest absolute Gasteiger partial charge is 0.268 e. The average Bonchev–Trinajstić information content (AvgIpc) is 2.76. The Morgan fingerprint density at radius 2 is 1.70 bits per heavy atom. The van der Waals surface area contributed by atoms with Crippen molar-refractivity contribution >= 4 is 16.1 Å². The van der Waals surface area contributed by atoms with E-state index in [1.165, 1.54) is 18.2 Å². The zero-order valence-electron chi connectivity index (χ0n) is 18.4. The molecule has 9 nitrogen and oxygen atoms in total. The Balaban J connectivity index is 2.05. The second-order valence-corrected chi connectivity index (χ2v) is 9.30. The number of ether oxygens (including phenoxy) is 1. The number of hydrogen-bond donors (Lipinski definition) is 5. The summed E-state index contributed by atoms with van der Waals surface area (Å²) in [5.41, 5.74) is 12.0. The lowest BCUT2D eigenvalue weighted by Crippen LogP contribution is -2.23. The maximum atomic E-state index is 12.0. The molecule has 0 aliphatic carbocycles. The van der Waals surface area contributed by atoms with Gasteiger partial charge in [-0.25, -0.2) is 4.99 Å². The van der Waals surface area contributed by atoms with Crippen LogP contribution in [0.5, 0.6) is 11.5 Å². The van der Waals surface area contributed by atoms with E-state index in [-0.39, 0.29) is 37.2 Å². The third-order valence-corrected chi connectivity index (χ3v) is 6.47. The number of allylic oxidation sites excluding steroid dienone is 1. The monoisotopic (exact) mass is 477 g/mol. The van der Waals surface area contributed by atoms with E-state index >= 15 is 0 Å². The Kier molecular flexibility index (Phi) is 9.71. The predicted octanol–water partition coefficient (Wildman–Crippen LogP) is 2.82. The van der Waals surface area contributed by atoms with Crippen LogP contribution in [0.3, 0.4) is 0 Å². The number of rotatable bonds is 12. The lowest BCUT2D eigenvalue weighted by atomic mass is 9.91. The third-order valence-electron chi connectivity index (χ3n) is 5.24. The minimum atomic E-state index is -4.30. The largest absolute Gasteiger partial charge is 0.508 e. The van der Waals surface area contributed by atoms with Crippen LogP contribution in [0.2, 0.25) is 0 Å². The second kappa shape index (κ2) is 12.2. The van der Waals surface area contributed by atoms with Crippen molar-refractivity contribution in [3.8, 4) is 11.5 Å². The molecule has 0 fully saturated rings. The molecule has 0 saturated heterocycles. The number of hydrogen-bond acceptors (Lipinski definition) is 6. The van der Waals surface area contributed by atoms with Gasteiger partial charge in [-0.15, -0.1) is 0 Å². The molecule has 7 N–H and O–H groups in total. The second-order valence-electron chi connectivity index (χ2n) is 7.60. The number of phenolic OH excluding ortho intramolecular Hbond substituents is 1. The van der Waals surface area contributed by atoms with Gasteiger partial charge in [0.05, 0.1) is 11.4 Å². The van der Waals surface area contributed by atoms with Crippen LogP contribution in [0.25, 0.3) is 0 Å². The van der Waals surface area contributed by atoms with Gasteiger partial charge in [0.15, 0.2) is 12.7 Å². The van der Waals surface area contributed by atoms with Gasteiger partial charge in [-0.05, 0) is 60.6 Å². The van der Waals surface area contributed by atoms with Crippen molar-refractivity contribution in [2.75, 3.05) is 6.73 Å². The van der Waals surface area contributed by atoms with Crippen molar-refractivity contribution < 1.29 is 27.9 Å². The highest BCUT2D eigenvalue weighted by Crippen LogP contribution is 2.30. The summed E-state index contributed by atoms with van der Waals surface area (Å²) in [5, 5.41) is 18.5. The van der Waals surface area contributed by atoms with Crippen LogP contribution in [0.4, 0.5) is 0 Å². The normalized spacial score (nSPS) is 14.5. The van der Waals surface area contributed by atoms with Gasteiger partial charge >= 0.3 is 0 Å². The van der Waals surface area contributed by atoms with Crippen molar-refractivity contribution in [2.45, 2.75) is 43.5 Å². The van der Waals surface area contributed by atoms with Crippen molar-refractivity contribution in [2.24, 2.45) is 16.5 Å². The summed E-state index contributed by atoms with van der Waals surface area (Å²) in [6, 6.07) is 13.2. The lowest BCUT2D eigenvalue weighted by molar-refractivity contribution is 0.228. The van der Waals surface area contributed by atoms with Gasteiger partial charge in [0.2, 0.25) is 0 Å². The van der Waals surface area contributed by atoms with Gasteiger partial charge in [-0.1, -0.05) is 43.3 Å². The van der Waals surface area contributed by atoms with Gasteiger partial charge in [0, 0.05) is 0 Å². The Bertz CT molecular complexity index is 1030. The van der Waals surface area contributed by atoms with Crippen LogP contribution >= 0.6 is 0 Å². The predicted molar refractivity (Wildman–Crippen MR) is 128 cm³/mol. The molecule has 0 bridgehead atoms. The maximum Gasteiger partial charge on any atom is 0.268 e. The summed E-state index contributed by atoms with van der Waals surface area (Å²) in [7, 11) is -4.30. The van der Waals surface area contributed by atoms with Crippen LogP contribution in [0.1, 0.15) is 49.3 Å². The number of aliphatic imine (C=N–C) groups is 1. The standard InChI is InChI=1S/C23H31N3O6S/c1-2-16(17-8-12-20(13-9-17)32-15-26-23(24)25)14-21(33(29,30)31)4-3-5-22(28)18-6-10-19(27)11-7-18/h3,5-13,16,21-22,27-28H,2,4,14-15H2,1H3,(H4,24,25,26)(H,29,30,31)/b5-3+/t16-,21+,22-/m1/s1. The van der Waals surface area contributed by atoms with E-state index in [9.17, 15) is 23.2 Å². The number of benzene rings is 2. The minimum absolute atomic E-state index is 0.00789. The Hall–Kier alpha value is -3.08. The van der Waals surface area contributed by atoms with E-state index < -0.39 is 21.5 Å². The first-order valence-electron chi connectivity index (χ1n) is 10.5. The quantitative estimate of drug-likeness (QED) is 0.134. The van der Waals surface area contributed by atoms with Crippen LogP contribution in [0.15, 0.2) is 65.7 Å². The molecule has 0 spiro atoms. The molecule has 0 saturated carbocycles. The molecule has 180 valence electrons. The molecule has 0 unspecified atom stereocenters. The molecule has 0 aliphatic heterocycles. The SMILES string of the molecule is CC[C@H](C[C@H](C/C=C/[C@@H](O)c1ccc(O)cc1)S(=O)(=O)O)c1ccc(OCN=C(N)N)cc1. The molecule has 33 heavy (non-hydrogen) atoms. The topological polar surface area (TPSA) is 168 Å². The fourth-order valence-electron chi connectivity index (χ4n) is 3.35. The summed E-state index contributed by atoms with van der Waals surface area (Å²) in [6.07, 6.45) is 2.98. The molecule has 0 aliphatic rings. The fraction of sp³-hybridized carbons (Fsp3) is 0.348. The summed E-state index contributed by atoms with van der Waals surface area (Å²) >= 11 is 0. The third kappa shape index (κ3) is 8.76. The number of guanidine groups is 1. The van der Waals surface area contributed by atoms with Crippen molar-refractivity contribution in [1.29, 1.82) is 0 Å². The molecule has 0 radical (unpaired) electrons. The maximum absolute atomic E-state index is 12.0. The first-order chi connectivity index (χ1) is 15.6. The number of aliphatic hydroxyl groups is 1. The summed E-state index contributed by atoms with van der Waals surface area (Å²) in [6.45, 7) is 1.94. The van der Waals surface area contributed by atoms with Crippen LogP contribution in [-0.4, -0.2) is 41.1 Å². The highest BCUT2D eigenvalue weighted by molar-refractivity contribution is 7.86. The summed E-state index contributed by atoms with van der Waals surface area (Å²) in [5.74, 6) is 0.467. The van der Waals surface area contributed by atoms with Crippen molar-refractivity contribution in [3.05, 3.63) is 71.8 Å². The van der Waals surface area contributed by atoms with Gasteiger partial charge in [0.25, 0.3) is 10.1 Å². The number of nitrogens with two attached hydrogens (primary N) is 2. The number of phenols is 1. The van der Waals surface area contributed by atoms with Gasteiger partial charge in [0.1, 0.15) is 11.5 Å². The van der Waals surface area contributed by atoms with Crippen LogP contribution in [-0.2, 0) is 10.1 Å². The zero-order chi connectivity index (χ0) is 24.4. The number of aromatic hydroxyl groups is 1. The van der Waals surface area contributed by atoms with E-state index in [2.05, 4.69) is 4.99 Å². The number of nitrogens with zero attached hydrogens (tertiary/aromatic N) is 1. The van der Waals surface area contributed by atoms with E-state index in [1.807, 2.05) is 19.1 Å². The fourth-order valence-corrected chi connectivity index (χ4v) is 4.18. The summed E-state index contributed by atoms with van der Waals surface area (Å²) in [4.78, 5) is 3.74. The first kappa shape index (κ1) is 26.2. The molecule has 10 heteroatoms. The van der Waals surface area contributed by atoms with E-state index in [1.54, 1.807) is 30.3 Å². The first-order valence-corrected chi connectivity index (χ1v) is 12.0. The Labute approximate surface area is 194 Å². The van der Waals surface area contributed by atoms with Crippen molar-refractivity contribution in [1.82, 2.24) is 0 Å². The van der Waals surface area contributed by atoms with Crippen LogP contribution < -0.4 is 16.2 Å². The van der Waals surface area contributed by atoms with E-state index in [0.29, 0.717) is 17.7 Å². The van der Waals surface area contributed by atoms with Crippen molar-refractivity contribution in [3.63, 3.8) is 0 Å².